The summed E-state index contributed by atoms with van der Waals surface area (Å²) >= 11 is 13.6. The number of hydrogen-bond acceptors (Lipinski definition) is 4. The van der Waals surface area contributed by atoms with E-state index in [4.69, 9.17) is 27.9 Å². The van der Waals surface area contributed by atoms with Gasteiger partial charge in [-0.3, -0.25) is 4.79 Å². The third-order valence-corrected chi connectivity index (χ3v) is 4.38. The van der Waals surface area contributed by atoms with Crippen LogP contribution in [0.1, 0.15) is 22.9 Å². The van der Waals surface area contributed by atoms with E-state index >= 15 is 0 Å². The number of ether oxygens (including phenoxy) is 1. The molecule has 0 amide bonds. The summed E-state index contributed by atoms with van der Waals surface area (Å²) in [5, 5.41) is 6.53. The molecule has 0 saturated heterocycles. The van der Waals surface area contributed by atoms with Gasteiger partial charge in [0, 0.05) is 21.5 Å². The Morgan fingerprint density at radius 2 is 2.05 bits per heavy atom. The fourth-order valence-corrected chi connectivity index (χ4v) is 3.34. The fraction of sp³-hybridized carbons (Fsp3) is 0.267. The van der Waals surface area contributed by atoms with Crippen LogP contribution in [0.15, 0.2) is 35.7 Å². The first-order valence-corrected chi connectivity index (χ1v) is 8.00. The molecule has 0 spiro atoms. The van der Waals surface area contributed by atoms with Gasteiger partial charge in [-0.05, 0) is 35.2 Å². The summed E-state index contributed by atoms with van der Waals surface area (Å²) < 4.78 is 4.75. The highest BCUT2D eigenvalue weighted by Crippen LogP contribution is 2.24. The molecule has 1 heterocycles. The van der Waals surface area contributed by atoms with Crippen molar-refractivity contribution in [1.82, 2.24) is 5.32 Å². The Morgan fingerprint density at radius 1 is 1.33 bits per heavy atom. The summed E-state index contributed by atoms with van der Waals surface area (Å²) in [4.78, 5) is 12.6. The molecule has 21 heavy (non-hydrogen) atoms. The van der Waals surface area contributed by atoms with Gasteiger partial charge in [-0.2, -0.15) is 0 Å². The lowest BCUT2D eigenvalue weighted by molar-refractivity contribution is -0.141. The average Bonchev–Trinajstić information content (AvgIpc) is 2.96. The highest BCUT2D eigenvalue weighted by molar-refractivity contribution is 7.10. The van der Waals surface area contributed by atoms with Crippen LogP contribution in [0.3, 0.4) is 0 Å². The monoisotopic (exact) mass is 343 g/mol. The van der Waals surface area contributed by atoms with Gasteiger partial charge in [-0.15, -0.1) is 11.3 Å². The molecular weight excluding hydrogens is 329 g/mol. The lowest BCUT2D eigenvalue weighted by Gasteiger charge is -2.16. The van der Waals surface area contributed by atoms with Crippen LogP contribution in [0.2, 0.25) is 10.0 Å². The molecule has 0 bridgehead atoms. The topological polar surface area (TPSA) is 38.3 Å². The number of hydrogen-bond donors (Lipinski definition) is 1. The Labute approximate surface area is 137 Å². The number of carbonyl (C=O) groups is 1. The maximum Gasteiger partial charge on any atom is 0.307 e. The number of rotatable bonds is 6. The van der Waals surface area contributed by atoms with E-state index in [1.807, 2.05) is 29.6 Å². The summed E-state index contributed by atoms with van der Waals surface area (Å²) in [6.45, 7) is 0.569. The first-order chi connectivity index (χ1) is 10.1. The van der Waals surface area contributed by atoms with E-state index in [-0.39, 0.29) is 18.4 Å². The third kappa shape index (κ3) is 5.00. The van der Waals surface area contributed by atoms with Crippen molar-refractivity contribution in [2.45, 2.75) is 19.0 Å². The van der Waals surface area contributed by atoms with E-state index in [0.717, 1.165) is 10.4 Å². The zero-order valence-corrected chi connectivity index (χ0v) is 13.8. The van der Waals surface area contributed by atoms with Gasteiger partial charge in [0.05, 0.1) is 19.6 Å². The summed E-state index contributed by atoms with van der Waals surface area (Å²) in [5.74, 6) is -0.245. The molecule has 0 aliphatic rings. The minimum atomic E-state index is -0.245. The number of nitrogens with one attached hydrogen (secondary N) is 1. The second-order valence-corrected chi connectivity index (χ2v) is 6.36. The molecule has 112 valence electrons. The van der Waals surface area contributed by atoms with Gasteiger partial charge in [0.2, 0.25) is 0 Å². The molecule has 0 aliphatic carbocycles. The summed E-state index contributed by atoms with van der Waals surface area (Å²) in [5.41, 5.74) is 0.971. The number of benzene rings is 1. The van der Waals surface area contributed by atoms with Crippen LogP contribution in [0.25, 0.3) is 0 Å². The van der Waals surface area contributed by atoms with Crippen LogP contribution in [0, 0.1) is 0 Å². The predicted octanol–water partition coefficient (Wildman–Crippen LogP) is 4.45. The van der Waals surface area contributed by atoms with Crippen molar-refractivity contribution in [3.63, 3.8) is 0 Å². The first-order valence-electron chi connectivity index (χ1n) is 6.37. The van der Waals surface area contributed by atoms with E-state index in [9.17, 15) is 4.79 Å². The van der Waals surface area contributed by atoms with Crippen molar-refractivity contribution in [2.75, 3.05) is 7.11 Å². The number of methoxy groups -OCH3 is 1. The van der Waals surface area contributed by atoms with Gasteiger partial charge >= 0.3 is 5.97 Å². The first kappa shape index (κ1) is 16.3. The Hall–Kier alpha value is -1.07. The maximum atomic E-state index is 11.5. The lowest BCUT2D eigenvalue weighted by atomic mass is 10.1. The van der Waals surface area contributed by atoms with Crippen molar-refractivity contribution >= 4 is 40.5 Å². The van der Waals surface area contributed by atoms with Crippen LogP contribution in [0.4, 0.5) is 0 Å². The van der Waals surface area contributed by atoms with Gasteiger partial charge in [-0.1, -0.05) is 29.3 Å². The molecule has 6 heteroatoms. The van der Waals surface area contributed by atoms with Gasteiger partial charge in [0.1, 0.15) is 0 Å². The summed E-state index contributed by atoms with van der Waals surface area (Å²) in [7, 11) is 1.39. The Balaban J connectivity index is 2.06. The molecule has 0 fully saturated rings. The summed E-state index contributed by atoms with van der Waals surface area (Å²) in [6.07, 6.45) is 0.283. The molecule has 3 nitrogen and oxygen atoms in total. The summed E-state index contributed by atoms with van der Waals surface area (Å²) in [6, 6.07) is 9.26. The molecule has 2 aromatic rings. The molecule has 0 saturated carbocycles. The quantitative estimate of drug-likeness (QED) is 0.787. The molecule has 1 N–H and O–H groups in total. The number of halogens is 2. The Morgan fingerprint density at radius 3 is 2.62 bits per heavy atom. The van der Waals surface area contributed by atoms with Crippen molar-refractivity contribution in [2.24, 2.45) is 0 Å². The van der Waals surface area contributed by atoms with Gasteiger partial charge in [0.15, 0.2) is 0 Å². The molecule has 1 unspecified atom stereocenters. The number of carbonyl (C=O) groups excluding carboxylic acids is 1. The second kappa shape index (κ2) is 7.80. The minimum Gasteiger partial charge on any atom is -0.469 e. The van der Waals surface area contributed by atoms with Crippen LogP contribution >= 0.6 is 34.5 Å². The van der Waals surface area contributed by atoms with Crippen LogP contribution < -0.4 is 5.32 Å². The van der Waals surface area contributed by atoms with Crippen molar-refractivity contribution in [3.05, 3.63) is 56.2 Å². The number of esters is 1. The van der Waals surface area contributed by atoms with Crippen LogP contribution in [-0.4, -0.2) is 13.1 Å². The predicted molar refractivity (Wildman–Crippen MR) is 87.0 cm³/mol. The zero-order valence-electron chi connectivity index (χ0n) is 11.4. The molecular formula is C15H15Cl2NO2S. The van der Waals surface area contributed by atoms with E-state index in [2.05, 4.69) is 5.32 Å². The normalized spacial score (nSPS) is 12.1. The van der Waals surface area contributed by atoms with Crippen molar-refractivity contribution < 1.29 is 9.53 Å². The van der Waals surface area contributed by atoms with Crippen molar-refractivity contribution in [1.29, 1.82) is 0 Å². The standard InChI is InChI=1S/C15H15Cl2NO2S/c1-20-15(19)8-13(14-3-2-4-21-14)18-9-10-5-11(16)7-12(17)6-10/h2-7,13,18H,8-9H2,1H3. The van der Waals surface area contributed by atoms with E-state index in [1.165, 1.54) is 7.11 Å². The number of thiophene rings is 1. The molecule has 1 aromatic heterocycles. The maximum absolute atomic E-state index is 11.5. The molecule has 2 rings (SSSR count). The average molecular weight is 344 g/mol. The smallest absolute Gasteiger partial charge is 0.307 e. The minimum absolute atomic E-state index is 0.0878. The third-order valence-electron chi connectivity index (χ3n) is 2.96. The molecule has 0 aliphatic heterocycles. The highest BCUT2D eigenvalue weighted by Gasteiger charge is 2.17. The molecule has 0 radical (unpaired) electrons. The Kier molecular flexibility index (Phi) is 6.06. The van der Waals surface area contributed by atoms with Crippen LogP contribution in [0.5, 0.6) is 0 Å². The van der Waals surface area contributed by atoms with E-state index < -0.39 is 0 Å². The van der Waals surface area contributed by atoms with Gasteiger partial charge in [0.25, 0.3) is 0 Å². The van der Waals surface area contributed by atoms with Gasteiger partial charge < -0.3 is 10.1 Å². The van der Waals surface area contributed by atoms with E-state index in [1.54, 1.807) is 17.4 Å². The SMILES string of the molecule is COC(=O)CC(NCc1cc(Cl)cc(Cl)c1)c1cccs1. The fourth-order valence-electron chi connectivity index (χ4n) is 1.97. The highest BCUT2D eigenvalue weighted by atomic mass is 35.5. The van der Waals surface area contributed by atoms with E-state index in [0.29, 0.717) is 16.6 Å². The lowest BCUT2D eigenvalue weighted by Crippen LogP contribution is -2.23. The molecule has 1 atom stereocenters. The zero-order chi connectivity index (χ0) is 15.2. The van der Waals surface area contributed by atoms with Crippen molar-refractivity contribution in [3.8, 4) is 0 Å². The second-order valence-electron chi connectivity index (χ2n) is 4.51. The molecule has 1 aromatic carbocycles. The largest absolute Gasteiger partial charge is 0.469 e. The van der Waals surface area contributed by atoms with Crippen LogP contribution in [-0.2, 0) is 16.1 Å². The Bertz CT molecular complexity index is 581. The van der Waals surface area contributed by atoms with Gasteiger partial charge in [-0.25, -0.2) is 0 Å².